The maximum Gasteiger partial charge on any atom is 0.327 e. The second-order valence-corrected chi connectivity index (χ2v) is 6.93. The van der Waals surface area contributed by atoms with Crippen molar-refractivity contribution in [3.63, 3.8) is 0 Å². The molecule has 22 heavy (non-hydrogen) atoms. The molecular formula is C15H19ClN2O3S. The van der Waals surface area contributed by atoms with E-state index in [4.69, 9.17) is 11.6 Å². The quantitative estimate of drug-likeness (QED) is 0.731. The fourth-order valence-electron chi connectivity index (χ4n) is 2.57. The molecule has 1 atom stereocenters. The Balaban J connectivity index is 2.17. The Hall–Kier alpha value is -1.24. The molecule has 120 valence electrons. The minimum Gasteiger partial charge on any atom is -0.480 e. The van der Waals surface area contributed by atoms with Crippen molar-refractivity contribution < 1.29 is 14.7 Å². The molecule has 5 nitrogen and oxygen atoms in total. The van der Waals surface area contributed by atoms with Gasteiger partial charge in [-0.05, 0) is 45.1 Å². The summed E-state index contributed by atoms with van der Waals surface area (Å²) in [6, 6.07) is 5.50. The minimum absolute atomic E-state index is 0.264. The Morgan fingerprint density at radius 2 is 1.95 bits per heavy atom. The first kappa shape index (κ1) is 17.1. The Kier molecular flexibility index (Phi) is 5.36. The third kappa shape index (κ3) is 3.74. The fraction of sp³-hybridized carbons (Fsp3) is 0.467. The van der Waals surface area contributed by atoms with Gasteiger partial charge < -0.3 is 15.3 Å². The predicted molar refractivity (Wildman–Crippen MR) is 88.8 cm³/mol. The van der Waals surface area contributed by atoms with Gasteiger partial charge in [0.15, 0.2) is 0 Å². The molecule has 0 radical (unpaired) electrons. The monoisotopic (exact) mass is 342 g/mol. The van der Waals surface area contributed by atoms with Gasteiger partial charge in [0.25, 0.3) is 5.91 Å². The summed E-state index contributed by atoms with van der Waals surface area (Å²) in [6.45, 7) is 1.49. The number of likely N-dealkylation sites (tertiary alicyclic amines) is 1. The van der Waals surface area contributed by atoms with Gasteiger partial charge in [-0.15, -0.1) is 0 Å². The highest BCUT2D eigenvalue weighted by Crippen LogP contribution is 2.32. The number of rotatable bonds is 4. The number of aliphatic carboxylic acids is 1. The van der Waals surface area contributed by atoms with Gasteiger partial charge in [-0.2, -0.15) is 12.6 Å². The zero-order chi connectivity index (χ0) is 16.3. The van der Waals surface area contributed by atoms with Crippen molar-refractivity contribution in [1.29, 1.82) is 0 Å². The fourth-order valence-corrected chi connectivity index (χ4v) is 3.17. The number of carboxylic acids is 1. The largest absolute Gasteiger partial charge is 0.480 e. The third-order valence-electron chi connectivity index (χ3n) is 4.03. The van der Waals surface area contributed by atoms with Crippen molar-refractivity contribution in [1.82, 2.24) is 10.2 Å². The summed E-state index contributed by atoms with van der Waals surface area (Å²) in [6.07, 6.45) is 1.18. The number of amides is 1. The first-order valence-corrected chi connectivity index (χ1v) is 7.85. The molecule has 2 rings (SSSR count). The average molecular weight is 343 g/mol. The van der Waals surface area contributed by atoms with Crippen molar-refractivity contribution in [2.24, 2.45) is 0 Å². The van der Waals surface area contributed by atoms with Crippen molar-refractivity contribution in [2.45, 2.75) is 23.6 Å². The summed E-state index contributed by atoms with van der Waals surface area (Å²) in [5.74, 6) is -1.58. The summed E-state index contributed by atoms with van der Waals surface area (Å²) in [5, 5.41) is 12.4. The summed E-state index contributed by atoms with van der Waals surface area (Å²) in [5.41, 5.74) is 0.264. The molecule has 1 aliphatic rings. The number of halogens is 1. The molecule has 0 spiro atoms. The van der Waals surface area contributed by atoms with Crippen LogP contribution in [0.4, 0.5) is 0 Å². The predicted octanol–water partition coefficient (Wildman–Crippen LogP) is 1.92. The molecule has 2 N–H and O–H groups in total. The first-order valence-electron chi connectivity index (χ1n) is 7.02. The van der Waals surface area contributed by atoms with E-state index in [2.05, 4.69) is 22.8 Å². The molecule has 0 bridgehead atoms. The van der Waals surface area contributed by atoms with Crippen LogP contribution in [-0.4, -0.2) is 52.8 Å². The third-order valence-corrected chi connectivity index (χ3v) is 5.07. The summed E-state index contributed by atoms with van der Waals surface area (Å²) in [7, 11) is 1.98. The standard InChI is InChI=1S/C15H19ClN2O3S/c1-18-8-6-15(22,7-9-18)12(14(20)21)17-13(19)10-4-2-3-5-11(10)16/h2-5,12,22H,6-9H2,1H3,(H,17,19)(H,20,21)/t12-/m1/s1. The molecule has 1 heterocycles. The summed E-state index contributed by atoms with van der Waals surface area (Å²) < 4.78 is -0.769. The SMILES string of the molecule is CN1CCC(S)([C@H](NC(=O)c2ccccc2Cl)C(=O)O)CC1. The van der Waals surface area contributed by atoms with E-state index in [1.807, 2.05) is 7.05 Å². The number of benzene rings is 1. The van der Waals surface area contributed by atoms with Gasteiger partial charge in [0.1, 0.15) is 6.04 Å². The molecule has 0 unspecified atom stereocenters. The molecule has 1 amide bonds. The number of nitrogens with zero attached hydrogens (tertiary/aromatic N) is 1. The second-order valence-electron chi connectivity index (χ2n) is 5.63. The normalized spacial score (nSPS) is 19.4. The molecule has 1 saturated heterocycles. The lowest BCUT2D eigenvalue weighted by Crippen LogP contribution is -2.57. The molecule has 1 aliphatic heterocycles. The highest BCUT2D eigenvalue weighted by atomic mass is 35.5. The van der Waals surface area contributed by atoms with E-state index in [0.29, 0.717) is 17.9 Å². The maximum absolute atomic E-state index is 12.3. The van der Waals surface area contributed by atoms with Crippen LogP contribution >= 0.6 is 24.2 Å². The molecule has 0 aliphatic carbocycles. The van der Waals surface area contributed by atoms with Crippen molar-refractivity contribution >= 4 is 36.1 Å². The van der Waals surface area contributed by atoms with Crippen LogP contribution in [0.5, 0.6) is 0 Å². The first-order chi connectivity index (χ1) is 10.3. The highest BCUT2D eigenvalue weighted by Gasteiger charge is 2.43. The van der Waals surface area contributed by atoms with E-state index in [1.165, 1.54) is 0 Å². The Morgan fingerprint density at radius 3 is 2.50 bits per heavy atom. The molecule has 1 aromatic rings. The van der Waals surface area contributed by atoms with Gasteiger partial charge in [0.2, 0.25) is 0 Å². The number of carbonyl (C=O) groups excluding carboxylic acids is 1. The van der Waals surface area contributed by atoms with Crippen LogP contribution in [0.15, 0.2) is 24.3 Å². The number of hydrogen-bond donors (Lipinski definition) is 3. The summed E-state index contributed by atoms with van der Waals surface area (Å²) in [4.78, 5) is 26.1. The van der Waals surface area contributed by atoms with Gasteiger partial charge >= 0.3 is 5.97 Å². The van der Waals surface area contributed by atoms with Crippen molar-refractivity contribution in [2.75, 3.05) is 20.1 Å². The zero-order valence-electron chi connectivity index (χ0n) is 12.3. The van der Waals surface area contributed by atoms with Crippen LogP contribution in [0.1, 0.15) is 23.2 Å². The molecule has 1 aromatic carbocycles. The van der Waals surface area contributed by atoms with Gasteiger partial charge in [0, 0.05) is 4.75 Å². The van der Waals surface area contributed by atoms with Crippen molar-refractivity contribution in [3.05, 3.63) is 34.9 Å². The summed E-state index contributed by atoms with van der Waals surface area (Å²) >= 11 is 10.6. The number of carboxylic acid groups (broad SMARTS) is 1. The lowest BCUT2D eigenvalue weighted by atomic mass is 9.88. The Bertz CT molecular complexity index is 574. The van der Waals surface area contributed by atoms with Crippen LogP contribution in [0.2, 0.25) is 5.02 Å². The van der Waals surface area contributed by atoms with Crippen LogP contribution in [0.25, 0.3) is 0 Å². The lowest BCUT2D eigenvalue weighted by Gasteiger charge is -2.40. The highest BCUT2D eigenvalue weighted by molar-refractivity contribution is 7.82. The van der Waals surface area contributed by atoms with Crippen LogP contribution in [0, 0.1) is 0 Å². The number of nitrogens with one attached hydrogen (secondary N) is 1. The van der Waals surface area contributed by atoms with Crippen LogP contribution < -0.4 is 5.32 Å². The zero-order valence-corrected chi connectivity index (χ0v) is 13.9. The molecule has 0 aromatic heterocycles. The maximum atomic E-state index is 12.3. The van der Waals surface area contributed by atoms with E-state index >= 15 is 0 Å². The van der Waals surface area contributed by atoms with E-state index in [0.717, 1.165) is 13.1 Å². The number of carbonyl (C=O) groups is 2. The molecule has 0 saturated carbocycles. The topological polar surface area (TPSA) is 69.6 Å². The number of thiol groups is 1. The molecular weight excluding hydrogens is 324 g/mol. The van der Waals surface area contributed by atoms with E-state index in [9.17, 15) is 14.7 Å². The smallest absolute Gasteiger partial charge is 0.327 e. The number of piperidine rings is 1. The molecule has 1 fully saturated rings. The Labute approximate surface area is 140 Å². The second kappa shape index (κ2) is 6.89. The minimum atomic E-state index is -1.08. The van der Waals surface area contributed by atoms with Gasteiger partial charge in [-0.25, -0.2) is 4.79 Å². The van der Waals surface area contributed by atoms with E-state index in [-0.39, 0.29) is 5.56 Å². The average Bonchev–Trinajstić information content (AvgIpc) is 2.48. The van der Waals surface area contributed by atoms with E-state index in [1.54, 1.807) is 24.3 Å². The van der Waals surface area contributed by atoms with E-state index < -0.39 is 22.7 Å². The number of hydrogen-bond acceptors (Lipinski definition) is 4. The van der Waals surface area contributed by atoms with Gasteiger partial charge in [0.05, 0.1) is 10.6 Å². The lowest BCUT2D eigenvalue weighted by molar-refractivity contribution is -0.140. The van der Waals surface area contributed by atoms with Crippen molar-refractivity contribution in [3.8, 4) is 0 Å². The van der Waals surface area contributed by atoms with Crippen LogP contribution in [0.3, 0.4) is 0 Å². The molecule has 7 heteroatoms. The Morgan fingerprint density at radius 1 is 1.36 bits per heavy atom. The van der Waals surface area contributed by atoms with Crippen LogP contribution in [-0.2, 0) is 4.79 Å². The van der Waals surface area contributed by atoms with Gasteiger partial charge in [-0.1, -0.05) is 23.7 Å². The van der Waals surface area contributed by atoms with Gasteiger partial charge in [-0.3, -0.25) is 4.79 Å².